The number of rotatable bonds is 7. The molecule has 5 nitrogen and oxygen atoms in total. The van der Waals surface area contributed by atoms with Crippen LogP contribution in [0.2, 0.25) is 0 Å². The second-order valence-electron chi connectivity index (χ2n) is 7.94. The van der Waals surface area contributed by atoms with Gasteiger partial charge in [0.15, 0.2) is 0 Å². The molecule has 0 unspecified atom stereocenters. The Balaban J connectivity index is 2.10. The van der Waals surface area contributed by atoms with E-state index in [2.05, 4.69) is 30.7 Å². The zero-order valence-corrected chi connectivity index (χ0v) is 17.5. The summed E-state index contributed by atoms with van der Waals surface area (Å²) in [5, 5.41) is 0.380. The highest BCUT2D eigenvalue weighted by Gasteiger charge is 2.27. The first kappa shape index (κ1) is 20.9. The average Bonchev–Trinajstić information content (AvgIpc) is 2.90. The quantitative estimate of drug-likeness (QED) is 0.723. The van der Waals surface area contributed by atoms with Gasteiger partial charge in [0.1, 0.15) is 11.6 Å². The summed E-state index contributed by atoms with van der Waals surface area (Å²) in [4.78, 5) is 23.0. The summed E-state index contributed by atoms with van der Waals surface area (Å²) in [6.45, 7) is 9.06. The fourth-order valence-electron chi connectivity index (χ4n) is 4.12. The molecule has 0 saturated carbocycles. The van der Waals surface area contributed by atoms with Crippen molar-refractivity contribution in [3.8, 4) is 0 Å². The van der Waals surface area contributed by atoms with Crippen molar-refractivity contribution in [3.63, 3.8) is 0 Å². The van der Waals surface area contributed by atoms with Gasteiger partial charge in [-0.2, -0.15) is 0 Å². The predicted octanol–water partition coefficient (Wildman–Crippen LogP) is 3.81. The topological polar surface area (TPSA) is 41.4 Å². The third-order valence-electron chi connectivity index (χ3n) is 5.74. The molecule has 0 bridgehead atoms. The molecule has 1 atom stereocenters. The standard InChI is InChI=1S/C22H33FN4O/c1-4-6-13-27-21(24-19-10-9-17(23)16-18(19)22(27)28)20(8-5-2)26-12-7-11-25(3)14-15-26/h9-10,16,20H,4-8,11-15H2,1-3H3/t20-/m1/s1. The second kappa shape index (κ2) is 9.61. The van der Waals surface area contributed by atoms with Gasteiger partial charge < -0.3 is 4.90 Å². The smallest absolute Gasteiger partial charge is 0.261 e. The number of unbranched alkanes of at least 4 members (excludes halogenated alkanes) is 1. The molecule has 0 aliphatic carbocycles. The molecular formula is C22H33FN4O. The number of nitrogens with zero attached hydrogens (tertiary/aromatic N) is 4. The van der Waals surface area contributed by atoms with E-state index in [9.17, 15) is 9.18 Å². The number of fused-ring (bicyclic) bond motifs is 1. The first-order valence-corrected chi connectivity index (χ1v) is 10.7. The lowest BCUT2D eigenvalue weighted by Crippen LogP contribution is -2.37. The molecule has 3 rings (SSSR count). The van der Waals surface area contributed by atoms with Crippen molar-refractivity contribution in [1.29, 1.82) is 0 Å². The Morgan fingerprint density at radius 1 is 1.14 bits per heavy atom. The third-order valence-corrected chi connectivity index (χ3v) is 5.74. The van der Waals surface area contributed by atoms with Gasteiger partial charge in [-0.25, -0.2) is 9.37 Å². The fraction of sp³-hybridized carbons (Fsp3) is 0.636. The van der Waals surface area contributed by atoms with Crippen molar-refractivity contribution >= 4 is 10.9 Å². The summed E-state index contributed by atoms with van der Waals surface area (Å²) in [5.41, 5.74) is 0.489. The minimum absolute atomic E-state index is 0.110. The van der Waals surface area contributed by atoms with Gasteiger partial charge in [0.25, 0.3) is 5.56 Å². The Hall–Kier alpha value is -1.79. The molecule has 1 aromatic heterocycles. The van der Waals surface area contributed by atoms with Gasteiger partial charge >= 0.3 is 0 Å². The van der Waals surface area contributed by atoms with Gasteiger partial charge in [0, 0.05) is 26.2 Å². The van der Waals surface area contributed by atoms with Crippen LogP contribution in [0.15, 0.2) is 23.0 Å². The normalized spacial score (nSPS) is 17.7. The van der Waals surface area contributed by atoms with Crippen LogP contribution in [0.25, 0.3) is 10.9 Å². The van der Waals surface area contributed by atoms with Crippen LogP contribution < -0.4 is 5.56 Å². The molecule has 0 radical (unpaired) electrons. The monoisotopic (exact) mass is 388 g/mol. The zero-order valence-electron chi connectivity index (χ0n) is 17.5. The summed E-state index contributed by atoms with van der Waals surface area (Å²) in [7, 11) is 2.17. The third kappa shape index (κ3) is 4.61. The number of likely N-dealkylation sites (N-methyl/N-ethyl adjacent to an activating group) is 1. The minimum atomic E-state index is -0.387. The van der Waals surface area contributed by atoms with Gasteiger partial charge in [-0.3, -0.25) is 14.3 Å². The summed E-state index contributed by atoms with van der Waals surface area (Å²) in [6, 6.07) is 4.48. The Kier molecular flexibility index (Phi) is 7.18. The van der Waals surface area contributed by atoms with Gasteiger partial charge in [-0.15, -0.1) is 0 Å². The van der Waals surface area contributed by atoms with Gasteiger partial charge in [0.2, 0.25) is 0 Å². The molecule has 1 saturated heterocycles. The van der Waals surface area contributed by atoms with E-state index < -0.39 is 0 Å². The van der Waals surface area contributed by atoms with Crippen molar-refractivity contribution in [3.05, 3.63) is 40.2 Å². The molecule has 1 aliphatic rings. The van der Waals surface area contributed by atoms with E-state index in [1.54, 1.807) is 6.07 Å². The molecule has 1 aromatic carbocycles. The highest BCUT2D eigenvalue weighted by Crippen LogP contribution is 2.26. The van der Waals surface area contributed by atoms with Crippen LogP contribution in [0.1, 0.15) is 57.8 Å². The van der Waals surface area contributed by atoms with Gasteiger partial charge in [0.05, 0.1) is 16.9 Å². The van der Waals surface area contributed by atoms with E-state index in [1.165, 1.54) is 12.1 Å². The summed E-state index contributed by atoms with van der Waals surface area (Å²) in [5.74, 6) is 0.464. The molecule has 0 N–H and O–H groups in total. The van der Waals surface area contributed by atoms with Crippen molar-refractivity contribution in [2.75, 3.05) is 33.2 Å². The lowest BCUT2D eigenvalue weighted by molar-refractivity contribution is 0.179. The van der Waals surface area contributed by atoms with E-state index in [0.29, 0.717) is 17.4 Å². The maximum Gasteiger partial charge on any atom is 0.261 e. The Labute approximate surface area is 167 Å². The number of halogens is 1. The summed E-state index contributed by atoms with van der Waals surface area (Å²) < 4.78 is 15.6. The molecule has 1 fully saturated rings. The highest BCUT2D eigenvalue weighted by molar-refractivity contribution is 5.77. The maximum atomic E-state index is 13.8. The SMILES string of the molecule is CCCCn1c([C@@H](CCC)N2CCCN(C)CC2)nc2ccc(F)cc2c1=O. The first-order valence-electron chi connectivity index (χ1n) is 10.7. The van der Waals surface area contributed by atoms with E-state index in [4.69, 9.17) is 4.98 Å². The Bertz CT molecular complexity index is 850. The van der Waals surface area contributed by atoms with E-state index in [0.717, 1.165) is 64.1 Å². The molecule has 0 amide bonds. The van der Waals surface area contributed by atoms with Crippen molar-refractivity contribution in [2.24, 2.45) is 0 Å². The van der Waals surface area contributed by atoms with Gasteiger partial charge in [-0.1, -0.05) is 26.7 Å². The largest absolute Gasteiger partial charge is 0.305 e. The second-order valence-corrected chi connectivity index (χ2v) is 7.94. The van der Waals surface area contributed by atoms with Crippen molar-refractivity contribution in [1.82, 2.24) is 19.4 Å². The van der Waals surface area contributed by atoms with Crippen molar-refractivity contribution < 1.29 is 4.39 Å². The van der Waals surface area contributed by atoms with Crippen LogP contribution >= 0.6 is 0 Å². The van der Waals surface area contributed by atoms with E-state index in [1.807, 2.05) is 4.57 Å². The van der Waals surface area contributed by atoms with E-state index >= 15 is 0 Å². The molecule has 6 heteroatoms. The van der Waals surface area contributed by atoms with Crippen LogP contribution in [0.5, 0.6) is 0 Å². The van der Waals surface area contributed by atoms with Gasteiger partial charge in [-0.05, 0) is 51.1 Å². The molecule has 1 aliphatic heterocycles. The summed E-state index contributed by atoms with van der Waals surface area (Å²) in [6.07, 6.45) is 5.03. The zero-order chi connectivity index (χ0) is 20.1. The predicted molar refractivity (Wildman–Crippen MR) is 112 cm³/mol. The first-order chi connectivity index (χ1) is 13.5. The molecule has 154 valence electrons. The van der Waals surface area contributed by atoms with Crippen LogP contribution in [0.3, 0.4) is 0 Å². The fourth-order valence-corrected chi connectivity index (χ4v) is 4.12. The van der Waals surface area contributed by atoms with E-state index in [-0.39, 0.29) is 17.4 Å². The van der Waals surface area contributed by atoms with Crippen LogP contribution in [0, 0.1) is 5.82 Å². The Morgan fingerprint density at radius 3 is 2.71 bits per heavy atom. The molecule has 28 heavy (non-hydrogen) atoms. The lowest BCUT2D eigenvalue weighted by Gasteiger charge is -2.31. The highest BCUT2D eigenvalue weighted by atomic mass is 19.1. The van der Waals surface area contributed by atoms with Crippen LogP contribution in [-0.4, -0.2) is 52.6 Å². The average molecular weight is 389 g/mol. The molecular weight excluding hydrogens is 355 g/mol. The summed E-state index contributed by atoms with van der Waals surface area (Å²) >= 11 is 0. The number of hydrogen-bond donors (Lipinski definition) is 0. The lowest BCUT2D eigenvalue weighted by atomic mass is 10.1. The van der Waals surface area contributed by atoms with Crippen LogP contribution in [0.4, 0.5) is 4.39 Å². The van der Waals surface area contributed by atoms with Crippen LogP contribution in [-0.2, 0) is 6.54 Å². The van der Waals surface area contributed by atoms with Crippen molar-refractivity contribution in [2.45, 2.75) is 58.5 Å². The molecule has 2 aromatic rings. The number of benzene rings is 1. The minimum Gasteiger partial charge on any atom is -0.305 e. The molecule has 2 heterocycles. The number of hydrogen-bond acceptors (Lipinski definition) is 4. The maximum absolute atomic E-state index is 13.8. The molecule has 0 spiro atoms. The Morgan fingerprint density at radius 2 is 1.96 bits per heavy atom. The number of aromatic nitrogens is 2.